The van der Waals surface area contributed by atoms with E-state index in [1.165, 1.54) is 0 Å². The largest absolute Gasteiger partial charge is 0.338 e. The quantitative estimate of drug-likeness (QED) is 0.762. The second-order valence-corrected chi connectivity index (χ2v) is 6.28. The van der Waals surface area contributed by atoms with Crippen LogP contribution in [0.25, 0.3) is 5.65 Å². The Morgan fingerprint density at radius 1 is 1.41 bits per heavy atom. The van der Waals surface area contributed by atoms with Crippen molar-refractivity contribution in [3.05, 3.63) is 34.8 Å². The van der Waals surface area contributed by atoms with Gasteiger partial charge >= 0.3 is 0 Å². The van der Waals surface area contributed by atoms with Gasteiger partial charge in [0.15, 0.2) is 11.3 Å². The number of rotatable bonds is 2. The van der Waals surface area contributed by atoms with Gasteiger partial charge in [0.1, 0.15) is 25.0 Å². The second kappa shape index (κ2) is 4.72. The first-order chi connectivity index (χ1) is 10.5. The lowest BCUT2D eigenvalue weighted by molar-refractivity contribution is -0.129. The molecule has 0 radical (unpaired) electrons. The number of aromatic nitrogens is 3. The van der Waals surface area contributed by atoms with Gasteiger partial charge in [-0.15, -0.1) is 9.69 Å². The summed E-state index contributed by atoms with van der Waals surface area (Å²) in [6, 6.07) is 3.85. The van der Waals surface area contributed by atoms with Crippen LogP contribution in [0.15, 0.2) is 39.9 Å². The molecule has 112 valence electrons. The van der Waals surface area contributed by atoms with Gasteiger partial charge in [0.2, 0.25) is 4.73 Å². The summed E-state index contributed by atoms with van der Waals surface area (Å²) in [5, 5.41) is 8.69. The fourth-order valence-corrected chi connectivity index (χ4v) is 2.95. The van der Waals surface area contributed by atoms with Gasteiger partial charge < -0.3 is 4.90 Å². The molecule has 2 aliphatic rings. The summed E-state index contributed by atoms with van der Waals surface area (Å²) in [6.45, 7) is 1.68. The smallest absolute Gasteiger partial charge is 0.261 e. The lowest BCUT2D eigenvalue weighted by atomic mass is 10.1. The van der Waals surface area contributed by atoms with Crippen LogP contribution in [0.5, 0.6) is 0 Å². The molecule has 4 heterocycles. The maximum absolute atomic E-state index is 12.3. The number of halogens is 1. The van der Waals surface area contributed by atoms with Gasteiger partial charge in [-0.25, -0.2) is 9.50 Å². The van der Waals surface area contributed by atoms with Crippen molar-refractivity contribution in [1.82, 2.24) is 24.1 Å². The summed E-state index contributed by atoms with van der Waals surface area (Å²) in [7, 11) is 1.93. The van der Waals surface area contributed by atoms with Crippen molar-refractivity contribution < 1.29 is 4.79 Å². The third kappa shape index (κ3) is 2.06. The van der Waals surface area contributed by atoms with E-state index in [-0.39, 0.29) is 10.5 Å². The molecule has 0 bridgehead atoms. The van der Waals surface area contributed by atoms with E-state index in [1.807, 2.05) is 36.5 Å². The predicted octanol–water partition coefficient (Wildman–Crippen LogP) is 1.54. The van der Waals surface area contributed by atoms with Crippen LogP contribution in [-0.2, 0) is 4.79 Å². The SMILES string of the molecule is C[N+]1(c2ccn3nc(Br)nc3c2)C=C(C(=O)N2CCC2)C=N1. The molecule has 4 rings (SSSR count). The van der Waals surface area contributed by atoms with E-state index < -0.39 is 0 Å². The Kier molecular flexibility index (Phi) is 2.92. The number of amides is 1. The van der Waals surface area contributed by atoms with Gasteiger partial charge in [-0.1, -0.05) is 5.10 Å². The molecule has 0 aromatic carbocycles. The molecule has 2 aromatic rings. The number of fused-ring (bicyclic) bond motifs is 1. The molecule has 8 heteroatoms. The van der Waals surface area contributed by atoms with Crippen LogP contribution in [-0.4, -0.2) is 51.8 Å². The Labute approximate surface area is 135 Å². The number of hydrogen-bond donors (Lipinski definition) is 0. The van der Waals surface area contributed by atoms with Crippen LogP contribution in [0.2, 0.25) is 0 Å². The Morgan fingerprint density at radius 3 is 2.95 bits per heavy atom. The zero-order valence-electron chi connectivity index (χ0n) is 12.0. The van der Waals surface area contributed by atoms with Gasteiger partial charge in [-0.2, -0.15) is 0 Å². The number of likely N-dealkylation sites (tertiary alicyclic amines) is 1. The van der Waals surface area contributed by atoms with Crippen molar-refractivity contribution in [1.29, 1.82) is 0 Å². The number of pyridine rings is 1. The van der Waals surface area contributed by atoms with Crippen molar-refractivity contribution in [3.8, 4) is 0 Å². The van der Waals surface area contributed by atoms with Crippen LogP contribution >= 0.6 is 15.9 Å². The summed E-state index contributed by atoms with van der Waals surface area (Å²) < 4.78 is 2.44. The van der Waals surface area contributed by atoms with Crippen LogP contribution < -0.4 is 4.59 Å². The number of carbonyl (C=O) groups is 1. The third-order valence-corrected chi connectivity index (χ3v) is 4.37. The van der Waals surface area contributed by atoms with Gasteiger partial charge in [-0.05, 0) is 22.4 Å². The molecule has 7 nitrogen and oxygen atoms in total. The lowest BCUT2D eigenvalue weighted by Crippen LogP contribution is -2.43. The summed E-state index contributed by atoms with van der Waals surface area (Å²) in [6.07, 6.45) is 6.45. The van der Waals surface area contributed by atoms with E-state index in [9.17, 15) is 4.79 Å². The summed E-state index contributed by atoms with van der Waals surface area (Å²) in [4.78, 5) is 18.4. The fourth-order valence-electron chi connectivity index (χ4n) is 2.60. The van der Waals surface area contributed by atoms with Crippen LogP contribution in [0.1, 0.15) is 6.42 Å². The molecule has 1 unspecified atom stereocenters. The third-order valence-electron chi connectivity index (χ3n) is 4.04. The predicted molar refractivity (Wildman–Crippen MR) is 86.2 cm³/mol. The molecule has 0 spiro atoms. The number of carbonyl (C=O) groups excluding carboxylic acids is 1. The molecule has 0 aliphatic carbocycles. The molecule has 0 saturated carbocycles. The van der Waals surface area contributed by atoms with Crippen LogP contribution in [0.4, 0.5) is 5.69 Å². The van der Waals surface area contributed by atoms with Gasteiger partial charge in [0.25, 0.3) is 5.91 Å². The first-order valence-electron chi connectivity index (χ1n) is 7.02. The van der Waals surface area contributed by atoms with E-state index in [2.05, 4.69) is 31.1 Å². The fraction of sp³-hybridized carbons (Fsp3) is 0.286. The molecule has 2 aromatic heterocycles. The maximum atomic E-state index is 12.3. The number of hydrogen-bond acceptors (Lipinski definition) is 4. The standard InChI is InChI=1S/C14H14BrN6O/c1-21(9-10(8-16-21)13(22)19-4-2-5-19)11-3-6-20-12(7-11)17-14(15)18-20/h3,6-9H,2,4-5H2,1H3/q+1. The molecule has 0 N–H and O–H groups in total. The molecule has 22 heavy (non-hydrogen) atoms. The molecule has 2 aliphatic heterocycles. The van der Waals surface area contributed by atoms with Gasteiger partial charge in [0.05, 0.1) is 0 Å². The van der Waals surface area contributed by atoms with Crippen molar-refractivity contribution in [2.24, 2.45) is 5.10 Å². The van der Waals surface area contributed by atoms with E-state index in [1.54, 1.807) is 10.7 Å². The average Bonchev–Trinajstić information content (AvgIpc) is 2.99. The molecular weight excluding hydrogens is 348 g/mol. The van der Waals surface area contributed by atoms with Crippen molar-refractivity contribution in [2.75, 3.05) is 20.1 Å². The molecule has 1 saturated heterocycles. The Balaban J connectivity index is 1.69. The highest BCUT2D eigenvalue weighted by Crippen LogP contribution is 2.28. The maximum Gasteiger partial charge on any atom is 0.261 e. The summed E-state index contributed by atoms with van der Waals surface area (Å²) >= 11 is 3.27. The Bertz CT molecular complexity index is 837. The Morgan fingerprint density at radius 2 is 2.23 bits per heavy atom. The minimum Gasteiger partial charge on any atom is -0.338 e. The van der Waals surface area contributed by atoms with Crippen LogP contribution in [0.3, 0.4) is 0 Å². The van der Waals surface area contributed by atoms with E-state index in [4.69, 9.17) is 0 Å². The highest BCUT2D eigenvalue weighted by atomic mass is 79.9. The average molecular weight is 362 g/mol. The summed E-state index contributed by atoms with van der Waals surface area (Å²) in [5.74, 6) is 0.0585. The Hall–Kier alpha value is -2.06. The normalized spacial score (nSPS) is 23.7. The minimum absolute atomic E-state index is 0.0585. The molecular formula is C14H14BrN6O+. The van der Waals surface area contributed by atoms with Crippen molar-refractivity contribution >= 4 is 39.4 Å². The highest BCUT2D eigenvalue weighted by molar-refractivity contribution is 9.10. The van der Waals surface area contributed by atoms with E-state index in [0.29, 0.717) is 10.3 Å². The zero-order chi connectivity index (χ0) is 15.3. The van der Waals surface area contributed by atoms with E-state index in [0.717, 1.165) is 30.8 Å². The van der Waals surface area contributed by atoms with Crippen molar-refractivity contribution in [3.63, 3.8) is 0 Å². The second-order valence-electron chi connectivity index (χ2n) is 5.57. The topological polar surface area (TPSA) is 62.9 Å². The summed E-state index contributed by atoms with van der Waals surface area (Å²) in [5.41, 5.74) is 2.30. The molecule has 1 amide bonds. The van der Waals surface area contributed by atoms with E-state index >= 15 is 0 Å². The van der Waals surface area contributed by atoms with Crippen molar-refractivity contribution in [2.45, 2.75) is 6.42 Å². The minimum atomic E-state index is 0.0585. The van der Waals surface area contributed by atoms with Gasteiger partial charge in [-0.3, -0.25) is 4.79 Å². The molecule has 1 atom stereocenters. The first-order valence-corrected chi connectivity index (χ1v) is 7.81. The number of nitrogens with zero attached hydrogens (tertiary/aromatic N) is 6. The van der Waals surface area contributed by atoms with Gasteiger partial charge in [0, 0.05) is 31.4 Å². The monoisotopic (exact) mass is 361 g/mol. The zero-order valence-corrected chi connectivity index (χ0v) is 13.6. The number of quaternary nitrogens is 1. The first kappa shape index (κ1) is 13.6. The molecule has 1 fully saturated rings. The highest BCUT2D eigenvalue weighted by Gasteiger charge is 2.34. The van der Waals surface area contributed by atoms with Crippen LogP contribution in [0, 0.1) is 0 Å². The lowest BCUT2D eigenvalue weighted by Gasteiger charge is -2.30.